The molecule has 7 heteroatoms. The maximum absolute atomic E-state index is 12.2. The van der Waals surface area contributed by atoms with E-state index < -0.39 is 10.0 Å². The summed E-state index contributed by atoms with van der Waals surface area (Å²) in [5, 5.41) is 8.76. The van der Waals surface area contributed by atoms with Crippen LogP contribution in [-0.4, -0.2) is 30.1 Å². The van der Waals surface area contributed by atoms with Gasteiger partial charge in [-0.15, -0.1) is 0 Å². The molecule has 0 fully saturated rings. The van der Waals surface area contributed by atoms with Crippen LogP contribution in [0.5, 0.6) is 0 Å². The van der Waals surface area contributed by atoms with Gasteiger partial charge in [0.15, 0.2) is 5.03 Å². The third-order valence-electron chi connectivity index (χ3n) is 2.69. The summed E-state index contributed by atoms with van der Waals surface area (Å²) >= 11 is 0. The van der Waals surface area contributed by atoms with Crippen LogP contribution < -0.4 is 4.72 Å². The second-order valence-corrected chi connectivity index (χ2v) is 6.10. The van der Waals surface area contributed by atoms with Gasteiger partial charge in [0.2, 0.25) is 0 Å². The van der Waals surface area contributed by atoms with Crippen molar-refractivity contribution < 1.29 is 13.5 Å². The van der Waals surface area contributed by atoms with Crippen LogP contribution in [0.4, 0.5) is 5.69 Å². The molecule has 0 spiro atoms. The SMILES string of the molecule is Cc1ccc(NS(=O)(=O)c2cnc(C)[nH]2)c(C#CCO)c1. The summed E-state index contributed by atoms with van der Waals surface area (Å²) < 4.78 is 27.0. The molecule has 2 rings (SSSR count). The predicted octanol–water partition coefficient (Wildman–Crippen LogP) is 1.17. The Morgan fingerprint density at radius 1 is 1.38 bits per heavy atom. The lowest BCUT2D eigenvalue weighted by molar-refractivity contribution is 0.350. The maximum Gasteiger partial charge on any atom is 0.279 e. The number of hydrogen-bond acceptors (Lipinski definition) is 4. The van der Waals surface area contributed by atoms with Gasteiger partial charge in [-0.05, 0) is 31.5 Å². The van der Waals surface area contributed by atoms with Crippen molar-refractivity contribution in [1.82, 2.24) is 9.97 Å². The van der Waals surface area contributed by atoms with Gasteiger partial charge in [0.1, 0.15) is 12.4 Å². The number of H-pyrrole nitrogens is 1. The van der Waals surface area contributed by atoms with Gasteiger partial charge >= 0.3 is 0 Å². The molecule has 1 aromatic heterocycles. The molecule has 21 heavy (non-hydrogen) atoms. The minimum atomic E-state index is -3.75. The zero-order chi connectivity index (χ0) is 15.5. The molecule has 0 aliphatic heterocycles. The quantitative estimate of drug-likeness (QED) is 0.742. The number of nitrogens with zero attached hydrogens (tertiary/aromatic N) is 1. The van der Waals surface area contributed by atoms with Gasteiger partial charge in [-0.2, -0.15) is 8.42 Å². The fraction of sp³-hybridized carbons (Fsp3) is 0.214. The molecular weight excluding hydrogens is 290 g/mol. The summed E-state index contributed by atoms with van der Waals surface area (Å²) in [7, 11) is -3.75. The van der Waals surface area contributed by atoms with E-state index in [-0.39, 0.29) is 11.6 Å². The molecule has 0 saturated carbocycles. The molecule has 1 heterocycles. The number of aryl methyl sites for hydroxylation is 2. The number of aromatic amines is 1. The Morgan fingerprint density at radius 2 is 2.14 bits per heavy atom. The number of nitrogens with one attached hydrogen (secondary N) is 2. The van der Waals surface area contributed by atoms with Gasteiger partial charge < -0.3 is 10.1 Å². The summed E-state index contributed by atoms with van der Waals surface area (Å²) in [5.41, 5.74) is 1.80. The van der Waals surface area contributed by atoms with Gasteiger partial charge in [-0.1, -0.05) is 17.9 Å². The van der Waals surface area contributed by atoms with Crippen molar-refractivity contribution >= 4 is 15.7 Å². The van der Waals surface area contributed by atoms with E-state index >= 15 is 0 Å². The maximum atomic E-state index is 12.2. The molecule has 0 bridgehead atoms. The van der Waals surface area contributed by atoms with E-state index in [2.05, 4.69) is 26.5 Å². The number of sulfonamides is 1. The Hall–Kier alpha value is -2.30. The topological polar surface area (TPSA) is 95.1 Å². The van der Waals surface area contributed by atoms with Crippen molar-refractivity contribution in [2.45, 2.75) is 18.9 Å². The number of aliphatic hydroxyl groups is 1. The number of hydrogen-bond donors (Lipinski definition) is 3. The van der Waals surface area contributed by atoms with Crippen LogP contribution in [0.1, 0.15) is 17.0 Å². The zero-order valence-electron chi connectivity index (χ0n) is 11.6. The largest absolute Gasteiger partial charge is 0.384 e. The summed E-state index contributed by atoms with van der Waals surface area (Å²) in [5.74, 6) is 5.76. The van der Waals surface area contributed by atoms with Gasteiger partial charge in [0.25, 0.3) is 10.0 Å². The molecule has 0 unspecified atom stereocenters. The molecular formula is C14H15N3O3S. The first-order chi connectivity index (χ1) is 9.92. The fourth-order valence-electron chi connectivity index (χ4n) is 1.72. The molecule has 2 aromatic rings. The number of aromatic nitrogens is 2. The van der Waals surface area contributed by atoms with Crippen molar-refractivity contribution in [3.8, 4) is 11.8 Å². The van der Waals surface area contributed by atoms with Crippen molar-refractivity contribution in [3.63, 3.8) is 0 Å². The first-order valence-corrected chi connectivity index (χ1v) is 7.65. The molecule has 0 aliphatic rings. The van der Waals surface area contributed by atoms with Crippen molar-refractivity contribution in [2.75, 3.05) is 11.3 Å². The summed E-state index contributed by atoms with van der Waals surface area (Å²) in [6.07, 6.45) is 1.25. The number of aliphatic hydroxyl groups excluding tert-OH is 1. The lowest BCUT2D eigenvalue weighted by Crippen LogP contribution is -2.14. The molecule has 0 saturated heterocycles. The van der Waals surface area contributed by atoms with Crippen LogP contribution in [-0.2, 0) is 10.0 Å². The van der Waals surface area contributed by atoms with Gasteiger partial charge in [-0.25, -0.2) is 4.98 Å². The van der Waals surface area contributed by atoms with E-state index in [1.165, 1.54) is 6.20 Å². The monoisotopic (exact) mass is 305 g/mol. The van der Waals surface area contributed by atoms with Gasteiger partial charge in [-0.3, -0.25) is 4.72 Å². The summed E-state index contributed by atoms with van der Waals surface area (Å²) in [4.78, 5) is 6.55. The van der Waals surface area contributed by atoms with E-state index in [0.717, 1.165) is 5.56 Å². The Bertz CT molecular complexity index is 813. The molecule has 3 N–H and O–H groups in total. The highest BCUT2D eigenvalue weighted by Crippen LogP contribution is 2.20. The molecule has 0 amide bonds. The van der Waals surface area contributed by atoms with Gasteiger partial charge in [0, 0.05) is 5.56 Å². The molecule has 6 nitrogen and oxygen atoms in total. The van der Waals surface area contributed by atoms with Crippen molar-refractivity contribution in [3.05, 3.63) is 41.3 Å². The lowest BCUT2D eigenvalue weighted by atomic mass is 10.1. The third kappa shape index (κ3) is 3.62. The van der Waals surface area contributed by atoms with E-state index in [9.17, 15) is 8.42 Å². The van der Waals surface area contributed by atoms with Gasteiger partial charge in [0.05, 0.1) is 11.9 Å². The lowest BCUT2D eigenvalue weighted by Gasteiger charge is -2.09. The van der Waals surface area contributed by atoms with Crippen LogP contribution in [0, 0.1) is 25.7 Å². The highest BCUT2D eigenvalue weighted by atomic mass is 32.2. The van der Waals surface area contributed by atoms with Crippen LogP contribution in [0.25, 0.3) is 0 Å². The number of imidazole rings is 1. The number of rotatable bonds is 3. The average Bonchev–Trinajstić information content (AvgIpc) is 2.86. The average molecular weight is 305 g/mol. The Labute approximate surface area is 123 Å². The fourth-order valence-corrected chi connectivity index (χ4v) is 2.77. The Kier molecular flexibility index (Phi) is 4.31. The number of anilines is 1. The normalized spacial score (nSPS) is 10.8. The van der Waals surface area contributed by atoms with Crippen LogP contribution >= 0.6 is 0 Å². The smallest absolute Gasteiger partial charge is 0.279 e. The minimum absolute atomic E-state index is 0.0124. The predicted molar refractivity (Wildman–Crippen MR) is 79.3 cm³/mol. The Balaban J connectivity index is 2.39. The van der Waals surface area contributed by atoms with Crippen LogP contribution in [0.2, 0.25) is 0 Å². The third-order valence-corrected chi connectivity index (χ3v) is 3.97. The van der Waals surface area contributed by atoms with Crippen molar-refractivity contribution in [1.29, 1.82) is 0 Å². The van der Waals surface area contributed by atoms with Crippen molar-refractivity contribution in [2.24, 2.45) is 0 Å². The van der Waals surface area contributed by atoms with E-state index in [0.29, 0.717) is 17.1 Å². The highest BCUT2D eigenvalue weighted by Gasteiger charge is 2.17. The van der Waals surface area contributed by atoms with Crippen LogP contribution in [0.15, 0.2) is 29.4 Å². The summed E-state index contributed by atoms with van der Waals surface area (Å²) in [6, 6.07) is 5.16. The molecule has 0 radical (unpaired) electrons. The number of benzene rings is 1. The first kappa shape index (κ1) is 15.1. The Morgan fingerprint density at radius 3 is 2.76 bits per heavy atom. The van der Waals surface area contributed by atoms with E-state index in [4.69, 9.17) is 5.11 Å². The minimum Gasteiger partial charge on any atom is -0.384 e. The molecule has 110 valence electrons. The standard InChI is InChI=1S/C14H15N3O3S/c1-10-5-6-13(12(8-10)4-3-7-18)17-21(19,20)14-9-15-11(2)16-14/h5-6,8-9,17-18H,7H2,1-2H3,(H,15,16). The molecule has 0 aliphatic carbocycles. The molecule has 0 atom stereocenters. The first-order valence-electron chi connectivity index (χ1n) is 6.17. The molecule has 1 aromatic carbocycles. The van der Waals surface area contributed by atoms with Crippen LogP contribution in [0.3, 0.4) is 0 Å². The summed E-state index contributed by atoms with van der Waals surface area (Å²) in [6.45, 7) is 3.25. The zero-order valence-corrected chi connectivity index (χ0v) is 12.5. The van der Waals surface area contributed by atoms with E-state index in [1.807, 2.05) is 6.92 Å². The van der Waals surface area contributed by atoms with E-state index in [1.54, 1.807) is 25.1 Å². The highest BCUT2D eigenvalue weighted by molar-refractivity contribution is 7.92. The second-order valence-electron chi connectivity index (χ2n) is 4.45. The second kappa shape index (κ2) is 5.99.